The number of guanidine groups is 1. The highest BCUT2D eigenvalue weighted by Crippen LogP contribution is 2.01. The smallest absolute Gasteiger partial charge is 0.191 e. The summed E-state index contributed by atoms with van der Waals surface area (Å²) < 4.78 is 34.7. The Balaban J connectivity index is 0.00000361. The maximum atomic E-state index is 12.7. The molecule has 0 aliphatic carbocycles. The third-order valence-electron chi connectivity index (χ3n) is 2.36. The lowest BCUT2D eigenvalue weighted by molar-refractivity contribution is 0.600. The first-order valence-corrected chi connectivity index (χ1v) is 7.83. The number of nitrogens with zero attached hydrogens (tertiary/aromatic N) is 1. The van der Waals surface area contributed by atoms with Crippen molar-refractivity contribution in [1.82, 2.24) is 10.6 Å². The van der Waals surface area contributed by atoms with E-state index in [1.165, 1.54) is 18.4 Å². The number of aliphatic imine (C=N–C) groups is 1. The van der Waals surface area contributed by atoms with Crippen LogP contribution in [0.2, 0.25) is 0 Å². The zero-order valence-electron chi connectivity index (χ0n) is 11.4. The van der Waals surface area contributed by atoms with Crippen LogP contribution in [0.3, 0.4) is 0 Å². The molecule has 0 fully saturated rings. The van der Waals surface area contributed by atoms with Gasteiger partial charge in [-0.2, -0.15) is 0 Å². The maximum absolute atomic E-state index is 12.7. The highest BCUT2D eigenvalue weighted by atomic mass is 127. The minimum Gasteiger partial charge on any atom is -0.355 e. The molecule has 0 heterocycles. The lowest BCUT2D eigenvalue weighted by Crippen LogP contribution is -2.39. The molecule has 2 N–H and O–H groups in total. The molecule has 0 aliphatic heterocycles. The molecular formula is C12H19FIN3O2S. The van der Waals surface area contributed by atoms with Crippen LogP contribution < -0.4 is 10.6 Å². The van der Waals surface area contributed by atoms with E-state index >= 15 is 0 Å². The number of halogens is 2. The SMILES string of the molecule is CN=C(NCCS(C)(=O)=O)NCc1ccc(F)cc1.I. The van der Waals surface area contributed by atoms with Crippen molar-refractivity contribution in [3.8, 4) is 0 Å². The van der Waals surface area contributed by atoms with E-state index in [9.17, 15) is 12.8 Å². The standard InChI is InChI=1S/C12H18FN3O2S.HI/c1-14-12(15-7-8-19(2,17)18)16-9-10-3-5-11(13)6-4-10;/h3-6H,7-9H2,1-2H3,(H2,14,15,16);1H. The fourth-order valence-corrected chi connectivity index (χ4v) is 1.84. The van der Waals surface area contributed by atoms with Gasteiger partial charge >= 0.3 is 0 Å². The molecule has 8 heteroatoms. The fourth-order valence-electron chi connectivity index (χ4n) is 1.36. The average molecular weight is 415 g/mol. The quantitative estimate of drug-likeness (QED) is 0.430. The van der Waals surface area contributed by atoms with E-state index in [1.54, 1.807) is 19.2 Å². The van der Waals surface area contributed by atoms with Gasteiger partial charge in [-0.15, -0.1) is 24.0 Å². The molecule has 1 aromatic rings. The van der Waals surface area contributed by atoms with Gasteiger partial charge in [-0.05, 0) is 17.7 Å². The monoisotopic (exact) mass is 415 g/mol. The van der Waals surface area contributed by atoms with Crippen molar-refractivity contribution in [2.24, 2.45) is 4.99 Å². The van der Waals surface area contributed by atoms with Gasteiger partial charge in [0.2, 0.25) is 0 Å². The van der Waals surface area contributed by atoms with Crippen molar-refractivity contribution < 1.29 is 12.8 Å². The first kappa shape index (κ1) is 19.1. The largest absolute Gasteiger partial charge is 0.355 e. The van der Waals surface area contributed by atoms with E-state index in [2.05, 4.69) is 15.6 Å². The van der Waals surface area contributed by atoms with Gasteiger partial charge in [0.15, 0.2) is 5.96 Å². The predicted molar refractivity (Wildman–Crippen MR) is 89.7 cm³/mol. The van der Waals surface area contributed by atoms with Crippen LogP contribution >= 0.6 is 24.0 Å². The van der Waals surface area contributed by atoms with Crippen molar-refractivity contribution in [3.63, 3.8) is 0 Å². The summed E-state index contributed by atoms with van der Waals surface area (Å²) in [6.07, 6.45) is 1.18. The summed E-state index contributed by atoms with van der Waals surface area (Å²) in [6.45, 7) is 0.779. The van der Waals surface area contributed by atoms with Gasteiger partial charge in [0.25, 0.3) is 0 Å². The summed E-state index contributed by atoms with van der Waals surface area (Å²) in [6, 6.07) is 6.12. The molecule has 1 aromatic carbocycles. The third kappa shape index (κ3) is 8.31. The summed E-state index contributed by atoms with van der Waals surface area (Å²) >= 11 is 0. The Morgan fingerprint density at radius 3 is 2.35 bits per heavy atom. The molecular weight excluding hydrogens is 396 g/mol. The van der Waals surface area contributed by atoms with Crippen LogP contribution in [-0.2, 0) is 16.4 Å². The van der Waals surface area contributed by atoms with E-state index in [4.69, 9.17) is 0 Å². The maximum Gasteiger partial charge on any atom is 0.191 e. The Bertz CT molecular complexity index is 532. The lowest BCUT2D eigenvalue weighted by Gasteiger charge is -2.11. The zero-order chi connectivity index (χ0) is 14.3. The molecule has 0 unspecified atom stereocenters. The van der Waals surface area contributed by atoms with Gasteiger partial charge in [-0.1, -0.05) is 12.1 Å². The summed E-state index contributed by atoms with van der Waals surface area (Å²) in [5.41, 5.74) is 0.910. The molecule has 5 nitrogen and oxygen atoms in total. The Hall–Kier alpha value is -0.900. The lowest BCUT2D eigenvalue weighted by atomic mass is 10.2. The summed E-state index contributed by atoms with van der Waals surface area (Å²) in [5.74, 6) is 0.275. The molecule has 0 bridgehead atoms. The highest BCUT2D eigenvalue weighted by Gasteiger charge is 2.03. The molecule has 0 saturated heterocycles. The Morgan fingerprint density at radius 2 is 1.85 bits per heavy atom. The van der Waals surface area contributed by atoms with Crippen molar-refractivity contribution in [1.29, 1.82) is 0 Å². The van der Waals surface area contributed by atoms with E-state index in [-0.39, 0.29) is 35.5 Å². The van der Waals surface area contributed by atoms with Gasteiger partial charge in [0, 0.05) is 26.4 Å². The van der Waals surface area contributed by atoms with Crippen LogP contribution in [0.15, 0.2) is 29.3 Å². The molecule has 0 spiro atoms. The molecule has 0 aliphatic rings. The van der Waals surface area contributed by atoms with Crippen LogP contribution in [0.5, 0.6) is 0 Å². The number of benzene rings is 1. The van der Waals surface area contributed by atoms with Crippen molar-refractivity contribution in [2.75, 3.05) is 25.6 Å². The topological polar surface area (TPSA) is 70.6 Å². The first-order chi connectivity index (χ1) is 8.90. The fraction of sp³-hybridized carbons (Fsp3) is 0.417. The van der Waals surface area contributed by atoms with Gasteiger partial charge in [0.05, 0.1) is 5.75 Å². The number of hydrogen-bond donors (Lipinski definition) is 2. The second-order valence-electron chi connectivity index (χ2n) is 4.11. The second kappa shape index (κ2) is 9.11. The van der Waals surface area contributed by atoms with Crippen LogP contribution in [0, 0.1) is 5.82 Å². The van der Waals surface area contributed by atoms with Crippen LogP contribution in [0.4, 0.5) is 4.39 Å². The van der Waals surface area contributed by atoms with E-state index in [0.717, 1.165) is 5.56 Å². The Labute approximate surface area is 136 Å². The molecule has 20 heavy (non-hydrogen) atoms. The van der Waals surface area contributed by atoms with Crippen LogP contribution in [0.25, 0.3) is 0 Å². The number of nitrogens with one attached hydrogen (secondary N) is 2. The minimum atomic E-state index is -2.99. The molecule has 0 radical (unpaired) electrons. The Morgan fingerprint density at radius 1 is 1.25 bits per heavy atom. The normalized spacial score (nSPS) is 11.7. The zero-order valence-corrected chi connectivity index (χ0v) is 14.5. The number of hydrogen-bond acceptors (Lipinski definition) is 3. The van der Waals surface area contributed by atoms with E-state index < -0.39 is 9.84 Å². The molecule has 0 aromatic heterocycles. The van der Waals surface area contributed by atoms with Gasteiger partial charge in [0.1, 0.15) is 15.7 Å². The van der Waals surface area contributed by atoms with Gasteiger partial charge in [-0.25, -0.2) is 12.8 Å². The molecule has 0 amide bonds. The van der Waals surface area contributed by atoms with Gasteiger partial charge in [-0.3, -0.25) is 4.99 Å². The van der Waals surface area contributed by atoms with Crippen molar-refractivity contribution in [3.05, 3.63) is 35.6 Å². The summed E-state index contributed by atoms with van der Waals surface area (Å²) in [7, 11) is -1.39. The Kier molecular flexibility index (Phi) is 8.70. The molecule has 114 valence electrons. The van der Waals surface area contributed by atoms with E-state index in [1.807, 2.05) is 0 Å². The van der Waals surface area contributed by atoms with Crippen LogP contribution in [-0.4, -0.2) is 40.0 Å². The molecule has 0 atom stereocenters. The third-order valence-corrected chi connectivity index (χ3v) is 3.31. The molecule has 0 saturated carbocycles. The second-order valence-corrected chi connectivity index (χ2v) is 6.37. The summed E-state index contributed by atoms with van der Waals surface area (Å²) in [4.78, 5) is 3.97. The van der Waals surface area contributed by atoms with E-state index in [0.29, 0.717) is 19.0 Å². The first-order valence-electron chi connectivity index (χ1n) is 5.77. The van der Waals surface area contributed by atoms with Crippen molar-refractivity contribution in [2.45, 2.75) is 6.54 Å². The summed E-state index contributed by atoms with van der Waals surface area (Å²) in [5, 5.41) is 5.91. The number of sulfone groups is 1. The van der Waals surface area contributed by atoms with Crippen LogP contribution in [0.1, 0.15) is 5.56 Å². The minimum absolute atomic E-state index is 0. The van der Waals surface area contributed by atoms with Gasteiger partial charge < -0.3 is 10.6 Å². The predicted octanol–water partition coefficient (Wildman–Crippen LogP) is 1.15. The molecule has 1 rings (SSSR count). The number of rotatable bonds is 5. The van der Waals surface area contributed by atoms with Crippen molar-refractivity contribution >= 4 is 39.8 Å². The average Bonchev–Trinajstić information content (AvgIpc) is 2.34. The highest BCUT2D eigenvalue weighted by molar-refractivity contribution is 14.0.